The SMILES string of the molecule is Nc1cc(Br)cc2[nH]c(-c3ccsc3)nc12. The van der Waals surface area contributed by atoms with Crippen molar-refractivity contribution >= 4 is 44.0 Å². The monoisotopic (exact) mass is 293 g/mol. The molecule has 0 bridgehead atoms. The number of imidazole rings is 1. The summed E-state index contributed by atoms with van der Waals surface area (Å²) >= 11 is 5.07. The molecule has 2 heterocycles. The summed E-state index contributed by atoms with van der Waals surface area (Å²) in [7, 11) is 0. The van der Waals surface area contributed by atoms with E-state index in [2.05, 4.69) is 31.3 Å². The molecule has 0 saturated carbocycles. The number of hydrogen-bond donors (Lipinski definition) is 2. The standard InChI is InChI=1S/C11H8BrN3S/c12-7-3-8(13)10-9(4-7)14-11(15-10)6-1-2-16-5-6/h1-5H,13H2,(H,14,15). The number of nitrogens with one attached hydrogen (secondary N) is 1. The number of fused-ring (bicyclic) bond motifs is 1. The number of nitrogens with two attached hydrogens (primary N) is 1. The van der Waals surface area contributed by atoms with Gasteiger partial charge in [0.25, 0.3) is 0 Å². The molecule has 0 radical (unpaired) electrons. The lowest BCUT2D eigenvalue weighted by Crippen LogP contribution is -1.86. The van der Waals surface area contributed by atoms with Crippen molar-refractivity contribution in [3.05, 3.63) is 33.4 Å². The van der Waals surface area contributed by atoms with Crippen LogP contribution in [0.25, 0.3) is 22.4 Å². The molecule has 1 aromatic carbocycles. The van der Waals surface area contributed by atoms with Crippen LogP contribution in [0.5, 0.6) is 0 Å². The molecule has 3 nitrogen and oxygen atoms in total. The van der Waals surface area contributed by atoms with Gasteiger partial charge in [-0.3, -0.25) is 0 Å². The zero-order valence-electron chi connectivity index (χ0n) is 8.20. The van der Waals surface area contributed by atoms with Crippen molar-refractivity contribution in [2.45, 2.75) is 0 Å². The fraction of sp³-hybridized carbons (Fsp3) is 0. The van der Waals surface area contributed by atoms with Gasteiger partial charge in [0.1, 0.15) is 11.3 Å². The topological polar surface area (TPSA) is 54.7 Å². The van der Waals surface area contributed by atoms with Crippen LogP contribution in [0.3, 0.4) is 0 Å². The number of thiophene rings is 1. The normalized spacial score (nSPS) is 11.1. The Morgan fingerprint density at radius 2 is 2.25 bits per heavy atom. The minimum atomic E-state index is 0.683. The molecule has 0 aliphatic rings. The fourth-order valence-corrected chi connectivity index (χ4v) is 2.76. The minimum Gasteiger partial charge on any atom is -0.397 e. The van der Waals surface area contributed by atoms with Crippen molar-refractivity contribution in [2.24, 2.45) is 0 Å². The second kappa shape index (κ2) is 3.61. The van der Waals surface area contributed by atoms with E-state index in [1.54, 1.807) is 11.3 Å². The molecule has 0 amide bonds. The number of aromatic nitrogens is 2. The largest absolute Gasteiger partial charge is 0.397 e. The van der Waals surface area contributed by atoms with Crippen molar-refractivity contribution in [1.29, 1.82) is 0 Å². The summed E-state index contributed by atoms with van der Waals surface area (Å²) < 4.78 is 0.956. The molecule has 3 aromatic rings. The molecule has 0 atom stereocenters. The van der Waals surface area contributed by atoms with Crippen LogP contribution in [0.1, 0.15) is 0 Å². The third-order valence-electron chi connectivity index (χ3n) is 2.38. The first-order valence-corrected chi connectivity index (χ1v) is 6.45. The number of nitrogen functional groups attached to an aromatic ring is 1. The van der Waals surface area contributed by atoms with Crippen LogP contribution in [0.15, 0.2) is 33.4 Å². The van der Waals surface area contributed by atoms with E-state index < -0.39 is 0 Å². The first-order valence-electron chi connectivity index (χ1n) is 4.71. The molecule has 3 rings (SSSR count). The Balaban J connectivity index is 2.27. The number of benzene rings is 1. The van der Waals surface area contributed by atoms with Gasteiger partial charge >= 0.3 is 0 Å². The van der Waals surface area contributed by atoms with E-state index in [0.29, 0.717) is 5.69 Å². The second-order valence-electron chi connectivity index (χ2n) is 3.49. The van der Waals surface area contributed by atoms with E-state index in [0.717, 1.165) is 26.9 Å². The highest BCUT2D eigenvalue weighted by Gasteiger charge is 2.08. The summed E-state index contributed by atoms with van der Waals surface area (Å²) in [5.74, 6) is 0.862. The third-order valence-corrected chi connectivity index (χ3v) is 3.52. The quantitative estimate of drug-likeness (QED) is 0.673. The summed E-state index contributed by atoms with van der Waals surface area (Å²) in [4.78, 5) is 7.77. The average molecular weight is 294 g/mol. The molecular formula is C11H8BrN3S. The van der Waals surface area contributed by atoms with E-state index in [9.17, 15) is 0 Å². The Bertz CT molecular complexity index is 643. The molecule has 2 aromatic heterocycles. The first-order chi connectivity index (χ1) is 7.74. The van der Waals surface area contributed by atoms with E-state index in [4.69, 9.17) is 5.73 Å². The molecule has 0 aliphatic heterocycles. The van der Waals surface area contributed by atoms with Gasteiger partial charge in [0, 0.05) is 15.4 Å². The van der Waals surface area contributed by atoms with Gasteiger partial charge in [-0.2, -0.15) is 11.3 Å². The Hall–Kier alpha value is -1.33. The first kappa shape index (κ1) is 9.86. The van der Waals surface area contributed by atoms with Crippen LogP contribution in [0, 0.1) is 0 Å². The molecule has 3 N–H and O–H groups in total. The fourth-order valence-electron chi connectivity index (χ4n) is 1.64. The van der Waals surface area contributed by atoms with E-state index in [1.165, 1.54) is 0 Å². The molecule has 0 unspecified atom stereocenters. The molecule has 5 heteroatoms. The van der Waals surface area contributed by atoms with Crippen LogP contribution >= 0.6 is 27.3 Å². The van der Waals surface area contributed by atoms with Crippen LogP contribution in [0.2, 0.25) is 0 Å². The average Bonchev–Trinajstić information content (AvgIpc) is 2.82. The molecule has 80 valence electrons. The zero-order valence-corrected chi connectivity index (χ0v) is 10.6. The Labute approximate surface area is 104 Å². The van der Waals surface area contributed by atoms with Crippen LogP contribution in [-0.2, 0) is 0 Å². The van der Waals surface area contributed by atoms with Gasteiger partial charge in [0.05, 0.1) is 11.2 Å². The molecule has 0 saturated heterocycles. The highest BCUT2D eigenvalue weighted by Crippen LogP contribution is 2.28. The number of halogens is 1. The van der Waals surface area contributed by atoms with E-state index >= 15 is 0 Å². The van der Waals surface area contributed by atoms with Crippen molar-refractivity contribution in [2.75, 3.05) is 5.73 Å². The van der Waals surface area contributed by atoms with Gasteiger partial charge < -0.3 is 10.7 Å². The predicted octanol–water partition coefficient (Wildman–Crippen LogP) is 3.64. The summed E-state index contributed by atoms with van der Waals surface area (Å²) in [6, 6.07) is 5.88. The summed E-state index contributed by atoms with van der Waals surface area (Å²) in [6.07, 6.45) is 0. The number of rotatable bonds is 1. The molecular weight excluding hydrogens is 286 g/mol. The van der Waals surface area contributed by atoms with Gasteiger partial charge in [-0.25, -0.2) is 4.98 Å². The maximum atomic E-state index is 5.91. The number of hydrogen-bond acceptors (Lipinski definition) is 3. The summed E-state index contributed by atoms with van der Waals surface area (Å²) in [5, 5.41) is 4.09. The van der Waals surface area contributed by atoms with Crippen molar-refractivity contribution < 1.29 is 0 Å². The zero-order chi connectivity index (χ0) is 11.1. The highest BCUT2D eigenvalue weighted by atomic mass is 79.9. The molecule has 16 heavy (non-hydrogen) atoms. The van der Waals surface area contributed by atoms with Gasteiger partial charge in [-0.1, -0.05) is 15.9 Å². The minimum absolute atomic E-state index is 0.683. The number of H-pyrrole nitrogens is 1. The van der Waals surface area contributed by atoms with Crippen LogP contribution < -0.4 is 5.73 Å². The molecule has 0 fully saturated rings. The Morgan fingerprint density at radius 1 is 1.38 bits per heavy atom. The third kappa shape index (κ3) is 1.52. The predicted molar refractivity (Wildman–Crippen MR) is 71.5 cm³/mol. The Kier molecular flexibility index (Phi) is 2.22. The lowest BCUT2D eigenvalue weighted by atomic mass is 10.3. The maximum Gasteiger partial charge on any atom is 0.139 e. The van der Waals surface area contributed by atoms with Crippen LogP contribution in [-0.4, -0.2) is 9.97 Å². The highest BCUT2D eigenvalue weighted by molar-refractivity contribution is 9.10. The van der Waals surface area contributed by atoms with Gasteiger partial charge in [0.2, 0.25) is 0 Å². The summed E-state index contributed by atoms with van der Waals surface area (Å²) in [5.41, 5.74) is 9.47. The number of aromatic amines is 1. The van der Waals surface area contributed by atoms with Gasteiger partial charge in [-0.05, 0) is 23.6 Å². The smallest absolute Gasteiger partial charge is 0.139 e. The molecule has 0 aliphatic carbocycles. The van der Waals surface area contributed by atoms with E-state index in [1.807, 2.05) is 23.6 Å². The number of nitrogens with zero attached hydrogens (tertiary/aromatic N) is 1. The van der Waals surface area contributed by atoms with Crippen molar-refractivity contribution in [1.82, 2.24) is 9.97 Å². The van der Waals surface area contributed by atoms with Gasteiger partial charge in [-0.15, -0.1) is 0 Å². The second-order valence-corrected chi connectivity index (χ2v) is 5.18. The maximum absolute atomic E-state index is 5.91. The van der Waals surface area contributed by atoms with Crippen molar-refractivity contribution in [3.63, 3.8) is 0 Å². The lowest BCUT2D eigenvalue weighted by Gasteiger charge is -1.94. The van der Waals surface area contributed by atoms with Crippen molar-refractivity contribution in [3.8, 4) is 11.4 Å². The van der Waals surface area contributed by atoms with Crippen LogP contribution in [0.4, 0.5) is 5.69 Å². The molecule has 0 spiro atoms. The van der Waals surface area contributed by atoms with Gasteiger partial charge in [0.15, 0.2) is 0 Å². The Morgan fingerprint density at radius 3 is 3.00 bits per heavy atom. The lowest BCUT2D eigenvalue weighted by molar-refractivity contribution is 1.35. The summed E-state index contributed by atoms with van der Waals surface area (Å²) in [6.45, 7) is 0. The van der Waals surface area contributed by atoms with E-state index in [-0.39, 0.29) is 0 Å². The number of anilines is 1.